The summed E-state index contributed by atoms with van der Waals surface area (Å²) >= 11 is 19.0. The number of nitrogens with zero attached hydrogens (tertiary/aromatic N) is 4. The molecule has 1 aliphatic rings. The van der Waals surface area contributed by atoms with E-state index in [1.807, 2.05) is 17.5 Å². The minimum atomic E-state index is -3.70. The molecule has 7 nitrogen and oxygen atoms in total. The zero-order valence-corrected chi connectivity index (χ0v) is 19.0. The van der Waals surface area contributed by atoms with Crippen molar-refractivity contribution in [3.8, 4) is 10.7 Å². The van der Waals surface area contributed by atoms with E-state index in [2.05, 4.69) is 15.0 Å². The average molecular weight is 490 g/mol. The molecule has 1 fully saturated rings. The van der Waals surface area contributed by atoms with Crippen molar-refractivity contribution >= 4 is 56.8 Å². The van der Waals surface area contributed by atoms with E-state index in [1.165, 1.54) is 16.4 Å². The molecule has 154 valence electrons. The monoisotopic (exact) mass is 489 g/mol. The Bertz CT molecular complexity index is 1170. The van der Waals surface area contributed by atoms with Gasteiger partial charge in [0.2, 0.25) is 14.8 Å². The summed E-state index contributed by atoms with van der Waals surface area (Å²) in [5.74, 6) is 0.738. The van der Waals surface area contributed by atoms with Crippen LogP contribution in [0.4, 0.5) is 0 Å². The van der Waals surface area contributed by atoms with Gasteiger partial charge < -0.3 is 0 Å². The van der Waals surface area contributed by atoms with Crippen molar-refractivity contribution in [2.45, 2.75) is 11.6 Å². The van der Waals surface area contributed by atoms with Gasteiger partial charge in [0.25, 0.3) is 0 Å². The lowest BCUT2D eigenvalue weighted by Crippen LogP contribution is -2.49. The molecular weight excluding hydrogens is 473 g/mol. The summed E-state index contributed by atoms with van der Waals surface area (Å²) in [6.07, 6.45) is 0. The average Bonchev–Trinajstić information content (AvgIpc) is 3.34. The maximum Gasteiger partial charge on any atom is 0.244 e. The number of aromatic nitrogens is 3. The number of H-pyrrole nitrogens is 1. The molecular formula is C17H17Cl2N5O2S3. The second kappa shape index (κ2) is 8.46. The minimum Gasteiger partial charge on any atom is -0.282 e. The van der Waals surface area contributed by atoms with Crippen LogP contribution in [0, 0.1) is 4.77 Å². The fourth-order valence-corrected chi connectivity index (χ4v) is 6.12. The maximum absolute atomic E-state index is 12.9. The molecule has 0 bridgehead atoms. The van der Waals surface area contributed by atoms with Gasteiger partial charge in [-0.3, -0.25) is 10.00 Å². The van der Waals surface area contributed by atoms with Gasteiger partial charge in [-0.2, -0.15) is 9.29 Å². The summed E-state index contributed by atoms with van der Waals surface area (Å²) in [7, 11) is -3.70. The van der Waals surface area contributed by atoms with Crippen molar-refractivity contribution in [3.05, 3.63) is 50.5 Å². The van der Waals surface area contributed by atoms with Crippen LogP contribution in [0.15, 0.2) is 40.6 Å². The predicted molar refractivity (Wildman–Crippen MR) is 118 cm³/mol. The molecule has 0 aliphatic carbocycles. The third-order valence-corrected chi connectivity index (χ3v) is 8.42. The Morgan fingerprint density at radius 2 is 1.93 bits per heavy atom. The van der Waals surface area contributed by atoms with Crippen LogP contribution in [-0.4, -0.2) is 58.6 Å². The van der Waals surface area contributed by atoms with E-state index in [0.717, 1.165) is 10.7 Å². The Hall–Kier alpha value is -1.27. The fraction of sp³-hybridized carbons (Fsp3) is 0.294. The number of sulfonamides is 1. The van der Waals surface area contributed by atoms with Gasteiger partial charge >= 0.3 is 0 Å². The minimum absolute atomic E-state index is 0.0384. The molecule has 3 aromatic rings. The van der Waals surface area contributed by atoms with E-state index in [-0.39, 0.29) is 9.92 Å². The Morgan fingerprint density at radius 3 is 2.62 bits per heavy atom. The number of thiophene rings is 1. The fourth-order valence-electron chi connectivity index (χ4n) is 3.10. The summed E-state index contributed by atoms with van der Waals surface area (Å²) in [4.78, 5) is 7.58. The number of rotatable bonds is 5. The van der Waals surface area contributed by atoms with Gasteiger partial charge in [0.05, 0.1) is 16.6 Å². The quantitative estimate of drug-likeness (QED) is 0.549. The van der Waals surface area contributed by atoms with Crippen LogP contribution in [0.1, 0.15) is 0 Å². The number of piperazine rings is 1. The molecule has 12 heteroatoms. The highest BCUT2D eigenvalue weighted by Crippen LogP contribution is 2.28. The zero-order chi connectivity index (χ0) is 20.6. The predicted octanol–water partition coefficient (Wildman–Crippen LogP) is 3.94. The molecule has 0 saturated carbocycles. The van der Waals surface area contributed by atoms with Crippen LogP contribution in [0.3, 0.4) is 0 Å². The van der Waals surface area contributed by atoms with Crippen molar-refractivity contribution in [2.75, 3.05) is 26.2 Å². The third kappa shape index (κ3) is 4.43. The molecule has 0 atom stereocenters. The van der Waals surface area contributed by atoms with Crippen molar-refractivity contribution in [1.29, 1.82) is 0 Å². The van der Waals surface area contributed by atoms with Gasteiger partial charge in [0, 0.05) is 31.2 Å². The first kappa shape index (κ1) is 21.0. The maximum atomic E-state index is 12.9. The Labute approximate surface area is 187 Å². The van der Waals surface area contributed by atoms with E-state index in [9.17, 15) is 8.42 Å². The molecule has 1 N–H and O–H groups in total. The largest absolute Gasteiger partial charge is 0.282 e. The normalized spacial score (nSPS) is 16.3. The van der Waals surface area contributed by atoms with Gasteiger partial charge in [0.15, 0.2) is 5.82 Å². The lowest BCUT2D eigenvalue weighted by atomic mass is 10.4. The molecule has 3 heterocycles. The van der Waals surface area contributed by atoms with Gasteiger partial charge in [-0.25, -0.2) is 13.1 Å². The highest BCUT2D eigenvalue weighted by Gasteiger charge is 2.30. The molecule has 4 rings (SSSR count). The summed E-state index contributed by atoms with van der Waals surface area (Å²) in [6, 6.07) is 8.40. The van der Waals surface area contributed by atoms with Crippen LogP contribution in [0.25, 0.3) is 10.7 Å². The summed E-state index contributed by atoms with van der Waals surface area (Å²) in [5, 5.41) is 5.70. The summed E-state index contributed by atoms with van der Waals surface area (Å²) < 4.78 is 29.6. The highest BCUT2D eigenvalue weighted by molar-refractivity contribution is 7.89. The van der Waals surface area contributed by atoms with Gasteiger partial charge in [-0.15, -0.1) is 11.3 Å². The molecule has 0 amide bonds. The first-order chi connectivity index (χ1) is 13.8. The Morgan fingerprint density at radius 1 is 1.17 bits per heavy atom. The van der Waals surface area contributed by atoms with Crippen molar-refractivity contribution < 1.29 is 8.42 Å². The molecule has 29 heavy (non-hydrogen) atoms. The van der Waals surface area contributed by atoms with Crippen LogP contribution in [0.5, 0.6) is 0 Å². The standard InChI is InChI=1S/C17H17Cl2N5O2S3/c18-12-3-4-13(19)15(10-12)29(25,26)23-7-5-22(6-8-23)11-24-17(27)20-16(21-24)14-2-1-9-28-14/h1-4,9-10H,5-8,11H2,(H,20,21,27). The van der Waals surface area contributed by atoms with Crippen molar-refractivity contribution in [3.63, 3.8) is 0 Å². The lowest BCUT2D eigenvalue weighted by Gasteiger charge is -2.33. The van der Waals surface area contributed by atoms with E-state index >= 15 is 0 Å². The van der Waals surface area contributed by atoms with E-state index in [4.69, 9.17) is 35.4 Å². The Kier molecular flexibility index (Phi) is 6.12. The Balaban J connectivity index is 1.44. The van der Waals surface area contributed by atoms with Gasteiger partial charge in [-0.05, 0) is 41.9 Å². The van der Waals surface area contributed by atoms with Crippen LogP contribution in [0.2, 0.25) is 10.0 Å². The topological polar surface area (TPSA) is 74.2 Å². The number of benzene rings is 1. The van der Waals surface area contributed by atoms with Gasteiger partial charge in [-0.1, -0.05) is 29.3 Å². The number of aromatic amines is 1. The number of hydrogen-bond acceptors (Lipinski definition) is 6. The van der Waals surface area contributed by atoms with Crippen LogP contribution >= 0.6 is 46.8 Å². The second-order valence-corrected chi connectivity index (χ2v) is 10.6. The SMILES string of the molecule is O=S(=O)(c1cc(Cl)ccc1Cl)N1CCN(Cn2[nH]c(-c3cccs3)nc2=S)CC1. The number of hydrogen-bond donors (Lipinski definition) is 1. The third-order valence-electron chi connectivity index (χ3n) is 4.62. The molecule has 1 saturated heterocycles. The number of nitrogens with one attached hydrogen (secondary N) is 1. The molecule has 1 aromatic carbocycles. The van der Waals surface area contributed by atoms with E-state index in [0.29, 0.717) is 42.6 Å². The molecule has 0 unspecified atom stereocenters. The van der Waals surface area contributed by atoms with Crippen molar-refractivity contribution in [1.82, 2.24) is 24.0 Å². The molecule has 0 spiro atoms. The summed E-state index contributed by atoms with van der Waals surface area (Å²) in [5.41, 5.74) is 0. The van der Waals surface area contributed by atoms with Crippen LogP contribution < -0.4 is 0 Å². The second-order valence-electron chi connectivity index (χ2n) is 6.50. The molecule has 0 radical (unpaired) electrons. The van der Waals surface area contributed by atoms with E-state index in [1.54, 1.807) is 22.1 Å². The first-order valence-corrected chi connectivity index (χ1v) is 12.2. The van der Waals surface area contributed by atoms with Crippen LogP contribution in [-0.2, 0) is 16.7 Å². The van der Waals surface area contributed by atoms with E-state index < -0.39 is 10.0 Å². The first-order valence-electron chi connectivity index (χ1n) is 8.73. The highest BCUT2D eigenvalue weighted by atomic mass is 35.5. The zero-order valence-electron chi connectivity index (χ0n) is 15.1. The lowest BCUT2D eigenvalue weighted by molar-refractivity contribution is 0.145. The number of halogens is 2. The molecule has 2 aromatic heterocycles. The van der Waals surface area contributed by atoms with Gasteiger partial charge in [0.1, 0.15) is 4.90 Å². The molecule has 1 aliphatic heterocycles. The summed E-state index contributed by atoms with van der Waals surface area (Å²) in [6.45, 7) is 2.34. The van der Waals surface area contributed by atoms with Crippen molar-refractivity contribution in [2.24, 2.45) is 0 Å². The smallest absolute Gasteiger partial charge is 0.244 e.